The number of nitrogen functional groups attached to an aromatic ring is 1. The maximum absolute atomic E-state index is 13.6. The van der Waals surface area contributed by atoms with Gasteiger partial charge in [-0.25, -0.2) is 13.8 Å². The SMILES string of the molecule is Nc1ccc(N2CC3CCC(F)(F)C3C2)nc1. The second kappa shape index (κ2) is 3.55. The molecule has 2 atom stereocenters. The van der Waals surface area contributed by atoms with E-state index in [1.165, 1.54) is 0 Å². The molecule has 2 N–H and O–H groups in total. The van der Waals surface area contributed by atoms with E-state index in [9.17, 15) is 8.78 Å². The lowest BCUT2D eigenvalue weighted by molar-refractivity contribution is -0.0351. The number of rotatable bonds is 1. The van der Waals surface area contributed by atoms with E-state index in [-0.39, 0.29) is 12.3 Å². The van der Waals surface area contributed by atoms with Crippen LogP contribution in [0.1, 0.15) is 12.8 Å². The van der Waals surface area contributed by atoms with Crippen molar-refractivity contribution >= 4 is 11.5 Å². The zero-order valence-electron chi connectivity index (χ0n) is 9.44. The Balaban J connectivity index is 1.79. The van der Waals surface area contributed by atoms with Gasteiger partial charge >= 0.3 is 0 Å². The van der Waals surface area contributed by atoms with Crippen molar-refractivity contribution in [3.8, 4) is 0 Å². The monoisotopic (exact) mass is 239 g/mol. The number of halogens is 2. The third-order valence-corrected chi connectivity index (χ3v) is 3.93. The van der Waals surface area contributed by atoms with E-state index in [2.05, 4.69) is 4.98 Å². The highest BCUT2D eigenvalue weighted by Crippen LogP contribution is 2.48. The molecule has 92 valence electrons. The van der Waals surface area contributed by atoms with Gasteiger partial charge in [-0.05, 0) is 24.5 Å². The molecule has 2 aliphatic rings. The molecule has 1 aromatic heterocycles. The number of hydrogen-bond donors (Lipinski definition) is 1. The minimum Gasteiger partial charge on any atom is -0.397 e. The smallest absolute Gasteiger partial charge is 0.252 e. The summed E-state index contributed by atoms with van der Waals surface area (Å²) in [6.45, 7) is 1.10. The highest BCUT2D eigenvalue weighted by atomic mass is 19.3. The van der Waals surface area contributed by atoms with E-state index in [1.807, 2.05) is 4.90 Å². The van der Waals surface area contributed by atoms with Gasteiger partial charge in [0, 0.05) is 25.4 Å². The third-order valence-electron chi connectivity index (χ3n) is 3.93. The summed E-state index contributed by atoms with van der Waals surface area (Å²) in [6, 6.07) is 3.56. The van der Waals surface area contributed by atoms with E-state index < -0.39 is 11.8 Å². The average Bonchev–Trinajstić information content (AvgIpc) is 2.82. The van der Waals surface area contributed by atoms with Gasteiger partial charge in [0.2, 0.25) is 0 Å². The summed E-state index contributed by atoms with van der Waals surface area (Å²) in [5.41, 5.74) is 6.16. The number of anilines is 2. The molecule has 0 amide bonds. The molecule has 0 radical (unpaired) electrons. The van der Waals surface area contributed by atoms with Gasteiger partial charge < -0.3 is 10.6 Å². The van der Waals surface area contributed by atoms with Crippen LogP contribution in [0.4, 0.5) is 20.3 Å². The molecule has 1 saturated carbocycles. The van der Waals surface area contributed by atoms with Gasteiger partial charge in [-0.3, -0.25) is 0 Å². The van der Waals surface area contributed by atoms with Gasteiger partial charge in [0.1, 0.15) is 5.82 Å². The van der Waals surface area contributed by atoms with Crippen LogP contribution in [0.25, 0.3) is 0 Å². The molecule has 3 nitrogen and oxygen atoms in total. The first-order valence-electron chi connectivity index (χ1n) is 5.90. The number of fused-ring (bicyclic) bond motifs is 1. The zero-order valence-corrected chi connectivity index (χ0v) is 9.44. The van der Waals surface area contributed by atoms with Crippen molar-refractivity contribution in [2.24, 2.45) is 11.8 Å². The van der Waals surface area contributed by atoms with Crippen molar-refractivity contribution in [3.05, 3.63) is 18.3 Å². The van der Waals surface area contributed by atoms with Gasteiger partial charge in [-0.1, -0.05) is 0 Å². The summed E-state index contributed by atoms with van der Waals surface area (Å²) >= 11 is 0. The molecule has 0 bridgehead atoms. The van der Waals surface area contributed by atoms with Crippen LogP contribution in [0.3, 0.4) is 0 Å². The molecular formula is C12H15F2N3. The summed E-state index contributed by atoms with van der Waals surface area (Å²) in [7, 11) is 0. The molecule has 1 aromatic rings. The Hall–Kier alpha value is -1.39. The summed E-state index contributed by atoms with van der Waals surface area (Å²) in [5, 5.41) is 0. The maximum atomic E-state index is 13.6. The van der Waals surface area contributed by atoms with Crippen LogP contribution in [-0.2, 0) is 0 Å². The van der Waals surface area contributed by atoms with Crippen LogP contribution in [0.15, 0.2) is 18.3 Å². The number of pyridine rings is 1. The quantitative estimate of drug-likeness (QED) is 0.816. The fraction of sp³-hybridized carbons (Fsp3) is 0.583. The van der Waals surface area contributed by atoms with E-state index in [1.54, 1.807) is 18.3 Å². The Morgan fingerprint density at radius 3 is 2.82 bits per heavy atom. The minimum atomic E-state index is -2.49. The van der Waals surface area contributed by atoms with E-state index in [0.717, 1.165) is 5.82 Å². The lowest BCUT2D eigenvalue weighted by Crippen LogP contribution is -2.29. The zero-order chi connectivity index (χ0) is 12.0. The molecule has 3 rings (SSSR count). The first-order valence-corrected chi connectivity index (χ1v) is 5.90. The summed E-state index contributed by atoms with van der Waals surface area (Å²) in [6.07, 6.45) is 2.25. The fourth-order valence-corrected chi connectivity index (χ4v) is 2.98. The molecule has 2 unspecified atom stereocenters. The predicted molar refractivity (Wildman–Crippen MR) is 62.0 cm³/mol. The molecule has 17 heavy (non-hydrogen) atoms. The van der Waals surface area contributed by atoms with Crippen LogP contribution in [0.2, 0.25) is 0 Å². The van der Waals surface area contributed by atoms with Crippen molar-refractivity contribution in [1.29, 1.82) is 0 Å². The lowest BCUT2D eigenvalue weighted by Gasteiger charge is -2.21. The van der Waals surface area contributed by atoms with E-state index in [0.29, 0.717) is 25.2 Å². The van der Waals surface area contributed by atoms with E-state index in [4.69, 9.17) is 5.73 Å². The highest BCUT2D eigenvalue weighted by Gasteiger charge is 2.54. The molecule has 1 aliphatic heterocycles. The second-order valence-electron chi connectivity index (χ2n) is 5.02. The van der Waals surface area contributed by atoms with Crippen molar-refractivity contribution < 1.29 is 8.78 Å². The molecule has 0 aromatic carbocycles. The number of aromatic nitrogens is 1. The second-order valence-corrected chi connectivity index (χ2v) is 5.02. The number of nitrogens with zero attached hydrogens (tertiary/aromatic N) is 2. The standard InChI is InChI=1S/C12H15F2N3/c13-12(14)4-3-8-6-17(7-10(8)12)11-2-1-9(15)5-16-11/h1-2,5,8,10H,3-4,6-7,15H2. The van der Waals surface area contributed by atoms with Gasteiger partial charge in [0.05, 0.1) is 11.9 Å². The number of nitrogens with two attached hydrogens (primary N) is 1. The Bertz CT molecular complexity index is 418. The Morgan fingerprint density at radius 2 is 2.18 bits per heavy atom. The van der Waals surface area contributed by atoms with Crippen LogP contribution < -0.4 is 10.6 Å². The van der Waals surface area contributed by atoms with Crippen molar-refractivity contribution in [1.82, 2.24) is 4.98 Å². The predicted octanol–water partition coefficient (Wildman–Crippen LogP) is 2.15. The molecular weight excluding hydrogens is 224 g/mol. The lowest BCUT2D eigenvalue weighted by atomic mass is 9.99. The van der Waals surface area contributed by atoms with Gasteiger partial charge in [-0.15, -0.1) is 0 Å². The van der Waals surface area contributed by atoms with E-state index >= 15 is 0 Å². The minimum absolute atomic E-state index is 0.0470. The van der Waals surface area contributed by atoms with Crippen LogP contribution in [0, 0.1) is 11.8 Å². The summed E-state index contributed by atoms with van der Waals surface area (Å²) in [4.78, 5) is 6.14. The normalized spacial score (nSPS) is 30.6. The average molecular weight is 239 g/mol. The largest absolute Gasteiger partial charge is 0.397 e. The van der Waals surface area contributed by atoms with Crippen molar-refractivity contribution in [2.75, 3.05) is 23.7 Å². The van der Waals surface area contributed by atoms with Crippen molar-refractivity contribution in [3.63, 3.8) is 0 Å². The molecule has 0 spiro atoms. The van der Waals surface area contributed by atoms with Gasteiger partial charge in [-0.2, -0.15) is 0 Å². The molecule has 1 aliphatic carbocycles. The maximum Gasteiger partial charge on any atom is 0.252 e. The first kappa shape index (κ1) is 10.7. The van der Waals surface area contributed by atoms with Crippen LogP contribution in [0.5, 0.6) is 0 Å². The Kier molecular flexibility index (Phi) is 2.24. The number of alkyl halides is 2. The highest BCUT2D eigenvalue weighted by molar-refractivity contribution is 5.46. The Labute approximate surface area is 98.6 Å². The van der Waals surface area contributed by atoms with Crippen molar-refractivity contribution in [2.45, 2.75) is 18.8 Å². The fourth-order valence-electron chi connectivity index (χ4n) is 2.98. The molecule has 2 heterocycles. The van der Waals surface area contributed by atoms with Gasteiger partial charge in [0.25, 0.3) is 5.92 Å². The topological polar surface area (TPSA) is 42.1 Å². The number of hydrogen-bond acceptors (Lipinski definition) is 3. The molecule has 2 fully saturated rings. The third kappa shape index (κ3) is 1.73. The van der Waals surface area contributed by atoms with Gasteiger partial charge in [0.15, 0.2) is 0 Å². The first-order chi connectivity index (χ1) is 8.06. The molecule has 5 heteroatoms. The Morgan fingerprint density at radius 1 is 1.35 bits per heavy atom. The molecule has 1 saturated heterocycles. The summed E-state index contributed by atoms with van der Waals surface area (Å²) in [5.74, 6) is -2.12. The van der Waals surface area contributed by atoms with Crippen LogP contribution >= 0.6 is 0 Å². The van der Waals surface area contributed by atoms with Crippen LogP contribution in [-0.4, -0.2) is 24.0 Å². The summed E-state index contributed by atoms with van der Waals surface area (Å²) < 4.78 is 27.2.